The maximum atomic E-state index is 13.3. The molecule has 2 rings (SSSR count). The summed E-state index contributed by atoms with van der Waals surface area (Å²) >= 11 is 11.6. The molecular formula is C16H13Cl2F3N2O. The van der Waals surface area contributed by atoms with Crippen LogP contribution in [0.2, 0.25) is 10.0 Å². The lowest BCUT2D eigenvalue weighted by Gasteiger charge is -2.18. The predicted octanol–water partition coefficient (Wildman–Crippen LogP) is 5.33. The van der Waals surface area contributed by atoms with Crippen LogP contribution in [0.4, 0.5) is 24.5 Å². The summed E-state index contributed by atoms with van der Waals surface area (Å²) in [6, 6.07) is 7.75. The summed E-state index contributed by atoms with van der Waals surface area (Å²) in [5, 5.41) is 2.66. The van der Waals surface area contributed by atoms with Gasteiger partial charge in [-0.1, -0.05) is 23.2 Å². The van der Waals surface area contributed by atoms with Gasteiger partial charge >= 0.3 is 6.18 Å². The minimum absolute atomic E-state index is 0.106. The zero-order chi connectivity index (χ0) is 18.1. The zero-order valence-electron chi connectivity index (χ0n) is 12.7. The van der Waals surface area contributed by atoms with Gasteiger partial charge in [-0.2, -0.15) is 13.2 Å². The summed E-state index contributed by atoms with van der Waals surface area (Å²) < 4.78 is 39.8. The quantitative estimate of drug-likeness (QED) is 0.784. The van der Waals surface area contributed by atoms with Crippen molar-refractivity contribution in [3.8, 4) is 0 Å². The Labute approximate surface area is 147 Å². The van der Waals surface area contributed by atoms with Gasteiger partial charge in [0.2, 0.25) is 0 Å². The van der Waals surface area contributed by atoms with Crippen molar-refractivity contribution in [3.63, 3.8) is 0 Å². The Morgan fingerprint density at radius 1 is 1.04 bits per heavy atom. The maximum Gasteiger partial charge on any atom is 0.418 e. The van der Waals surface area contributed by atoms with Crippen molar-refractivity contribution in [2.75, 3.05) is 24.3 Å². The molecule has 0 unspecified atom stereocenters. The molecule has 2 aromatic rings. The van der Waals surface area contributed by atoms with E-state index in [2.05, 4.69) is 5.32 Å². The van der Waals surface area contributed by atoms with Crippen molar-refractivity contribution in [2.45, 2.75) is 6.18 Å². The molecule has 0 aliphatic heterocycles. The van der Waals surface area contributed by atoms with Crippen molar-refractivity contribution in [1.82, 2.24) is 0 Å². The Hall–Kier alpha value is -1.92. The summed E-state index contributed by atoms with van der Waals surface area (Å²) in [6.07, 6.45) is -4.60. The van der Waals surface area contributed by atoms with Gasteiger partial charge in [0.1, 0.15) is 0 Å². The lowest BCUT2D eigenvalue weighted by Crippen LogP contribution is -2.18. The molecule has 0 saturated carbocycles. The van der Waals surface area contributed by atoms with Crippen molar-refractivity contribution in [1.29, 1.82) is 0 Å². The van der Waals surface area contributed by atoms with Crippen LogP contribution >= 0.6 is 23.2 Å². The minimum atomic E-state index is -4.60. The van der Waals surface area contributed by atoms with Crippen LogP contribution in [-0.2, 0) is 6.18 Å². The summed E-state index contributed by atoms with van der Waals surface area (Å²) in [6.45, 7) is 0. The highest BCUT2D eigenvalue weighted by molar-refractivity contribution is 6.42. The van der Waals surface area contributed by atoms with Crippen LogP contribution in [0.5, 0.6) is 0 Å². The van der Waals surface area contributed by atoms with Crippen LogP contribution < -0.4 is 10.2 Å². The van der Waals surface area contributed by atoms with Gasteiger partial charge in [0.05, 0.1) is 21.3 Å². The lowest BCUT2D eigenvalue weighted by atomic mass is 10.1. The number of hydrogen-bond acceptors (Lipinski definition) is 2. The number of nitrogens with one attached hydrogen (secondary N) is 1. The number of amides is 1. The number of benzene rings is 2. The Bertz CT molecular complexity index is 776. The van der Waals surface area contributed by atoms with Crippen LogP contribution in [0, 0.1) is 0 Å². The molecule has 24 heavy (non-hydrogen) atoms. The van der Waals surface area contributed by atoms with E-state index < -0.39 is 17.6 Å². The summed E-state index contributed by atoms with van der Waals surface area (Å²) in [4.78, 5) is 13.7. The molecule has 0 bridgehead atoms. The number of alkyl halides is 3. The first-order chi connectivity index (χ1) is 11.1. The van der Waals surface area contributed by atoms with Crippen LogP contribution in [0.1, 0.15) is 15.9 Å². The third-order valence-electron chi connectivity index (χ3n) is 3.25. The van der Waals surface area contributed by atoms with Gasteiger partial charge in [0.25, 0.3) is 5.91 Å². The van der Waals surface area contributed by atoms with Crippen molar-refractivity contribution in [3.05, 3.63) is 57.6 Å². The Morgan fingerprint density at radius 2 is 1.71 bits per heavy atom. The van der Waals surface area contributed by atoms with Gasteiger partial charge in [0, 0.05) is 25.3 Å². The van der Waals surface area contributed by atoms with Gasteiger partial charge < -0.3 is 10.2 Å². The Balaban J connectivity index is 2.37. The number of rotatable bonds is 3. The van der Waals surface area contributed by atoms with Gasteiger partial charge in [-0.15, -0.1) is 0 Å². The van der Waals surface area contributed by atoms with Crippen molar-refractivity contribution < 1.29 is 18.0 Å². The van der Waals surface area contributed by atoms with E-state index in [4.69, 9.17) is 23.2 Å². The number of anilines is 2. The fourth-order valence-corrected chi connectivity index (χ4v) is 2.28. The van der Waals surface area contributed by atoms with E-state index in [1.54, 1.807) is 19.0 Å². The highest BCUT2D eigenvalue weighted by Gasteiger charge is 2.34. The molecule has 0 atom stereocenters. The van der Waals surface area contributed by atoms with E-state index in [9.17, 15) is 18.0 Å². The highest BCUT2D eigenvalue weighted by Crippen LogP contribution is 2.37. The standard InChI is InChI=1S/C16H13Cl2F3N2O/c1-23(2)10-4-6-14(11(8-10)16(19,20)21)22-15(24)9-3-5-12(17)13(18)7-9/h3-8H,1-2H3,(H,22,24). The van der Waals surface area contributed by atoms with Gasteiger partial charge in [-0.3, -0.25) is 4.79 Å². The van der Waals surface area contributed by atoms with Gasteiger partial charge in [0.15, 0.2) is 0 Å². The number of nitrogens with zero attached hydrogens (tertiary/aromatic N) is 1. The molecule has 1 amide bonds. The summed E-state index contributed by atoms with van der Waals surface area (Å²) in [5.74, 6) is -0.711. The first-order valence-electron chi connectivity index (χ1n) is 6.74. The molecule has 8 heteroatoms. The van der Waals surface area contributed by atoms with E-state index in [1.807, 2.05) is 0 Å². The molecule has 0 aromatic heterocycles. The number of carbonyl (C=O) groups is 1. The van der Waals surface area contributed by atoms with Crippen LogP contribution in [0.3, 0.4) is 0 Å². The average Bonchev–Trinajstić information content (AvgIpc) is 2.49. The first kappa shape index (κ1) is 18.4. The Kier molecular flexibility index (Phi) is 5.30. The molecule has 0 radical (unpaired) electrons. The molecule has 0 aliphatic rings. The second-order valence-electron chi connectivity index (χ2n) is 5.21. The predicted molar refractivity (Wildman–Crippen MR) is 90.2 cm³/mol. The molecule has 128 valence electrons. The molecule has 0 spiro atoms. The van der Waals surface area contributed by atoms with Crippen molar-refractivity contribution in [2.24, 2.45) is 0 Å². The number of halogens is 5. The van der Waals surface area contributed by atoms with E-state index >= 15 is 0 Å². The molecule has 0 fully saturated rings. The summed E-state index contributed by atoms with van der Waals surface area (Å²) in [5.41, 5.74) is -0.782. The monoisotopic (exact) mass is 376 g/mol. The maximum absolute atomic E-state index is 13.3. The largest absolute Gasteiger partial charge is 0.418 e. The molecule has 1 N–H and O–H groups in total. The van der Waals surface area contributed by atoms with E-state index in [0.29, 0.717) is 5.69 Å². The SMILES string of the molecule is CN(C)c1ccc(NC(=O)c2ccc(Cl)c(Cl)c2)c(C(F)(F)F)c1. The van der Waals surface area contributed by atoms with Gasteiger partial charge in [-0.05, 0) is 36.4 Å². The van der Waals surface area contributed by atoms with Crippen LogP contribution in [0.15, 0.2) is 36.4 Å². The molecule has 0 aliphatic carbocycles. The highest BCUT2D eigenvalue weighted by atomic mass is 35.5. The second-order valence-corrected chi connectivity index (χ2v) is 6.02. The smallest absolute Gasteiger partial charge is 0.378 e. The van der Waals surface area contributed by atoms with E-state index in [0.717, 1.165) is 6.07 Å². The number of carbonyl (C=O) groups excluding carboxylic acids is 1. The molecule has 3 nitrogen and oxygen atoms in total. The van der Waals surface area contributed by atoms with Crippen LogP contribution in [-0.4, -0.2) is 20.0 Å². The topological polar surface area (TPSA) is 32.3 Å². The third kappa shape index (κ3) is 4.13. The fourth-order valence-electron chi connectivity index (χ4n) is 1.99. The Morgan fingerprint density at radius 3 is 2.25 bits per heavy atom. The molecule has 0 saturated heterocycles. The summed E-state index contributed by atoms with van der Waals surface area (Å²) in [7, 11) is 3.26. The van der Waals surface area contributed by atoms with Crippen molar-refractivity contribution >= 4 is 40.5 Å². The zero-order valence-corrected chi connectivity index (χ0v) is 14.2. The van der Waals surface area contributed by atoms with Crippen LogP contribution in [0.25, 0.3) is 0 Å². The van der Waals surface area contributed by atoms with E-state index in [1.165, 1.54) is 30.3 Å². The average molecular weight is 377 g/mol. The fraction of sp³-hybridized carbons (Fsp3) is 0.188. The number of hydrogen-bond donors (Lipinski definition) is 1. The van der Waals surface area contributed by atoms with Gasteiger partial charge in [-0.25, -0.2) is 0 Å². The molecule has 2 aromatic carbocycles. The molecule has 0 heterocycles. The minimum Gasteiger partial charge on any atom is -0.378 e. The third-order valence-corrected chi connectivity index (χ3v) is 3.99. The van der Waals surface area contributed by atoms with E-state index in [-0.39, 0.29) is 21.3 Å². The lowest BCUT2D eigenvalue weighted by molar-refractivity contribution is -0.136. The first-order valence-corrected chi connectivity index (χ1v) is 7.50. The molecular weight excluding hydrogens is 364 g/mol. The second kappa shape index (κ2) is 6.91. The normalized spacial score (nSPS) is 11.3.